The highest BCUT2D eigenvalue weighted by molar-refractivity contribution is 5.95. The van der Waals surface area contributed by atoms with Gasteiger partial charge in [0.15, 0.2) is 5.03 Å². The summed E-state index contributed by atoms with van der Waals surface area (Å²) in [6.07, 6.45) is -0.635. The zero-order chi connectivity index (χ0) is 14.7. The number of guanidine groups is 1. The first kappa shape index (κ1) is 14.5. The van der Waals surface area contributed by atoms with E-state index in [1.54, 1.807) is 4.90 Å². The highest BCUT2D eigenvalue weighted by Gasteiger charge is 2.37. The molecule has 0 aromatic carbocycles. The van der Waals surface area contributed by atoms with Crippen LogP contribution < -0.4 is 0 Å². The van der Waals surface area contributed by atoms with Gasteiger partial charge < -0.3 is 14.4 Å². The first-order valence-electron chi connectivity index (χ1n) is 6.44. The van der Waals surface area contributed by atoms with E-state index in [-0.39, 0.29) is 11.9 Å². The maximum absolute atomic E-state index is 11.6. The minimum Gasteiger partial charge on any atom is -0.452 e. The van der Waals surface area contributed by atoms with Crippen molar-refractivity contribution in [1.29, 1.82) is 0 Å². The van der Waals surface area contributed by atoms with E-state index in [2.05, 4.69) is 16.8 Å². The van der Waals surface area contributed by atoms with Crippen LogP contribution in [0.5, 0.6) is 0 Å². The summed E-state index contributed by atoms with van der Waals surface area (Å²) < 4.78 is 10.0. The Labute approximate surface area is 116 Å². The zero-order valence-corrected chi connectivity index (χ0v) is 11.5. The molecule has 2 atom stereocenters. The molecule has 20 heavy (non-hydrogen) atoms. The Kier molecular flexibility index (Phi) is 4.38. The summed E-state index contributed by atoms with van der Waals surface area (Å²) in [5.74, 6) is 0.713. The van der Waals surface area contributed by atoms with Crippen LogP contribution in [0.3, 0.4) is 0 Å². The summed E-state index contributed by atoms with van der Waals surface area (Å²) in [5.41, 5.74) is 0. The molecule has 2 aliphatic rings. The molecule has 1 amide bonds. The number of carbonyl (C=O) groups excluding carboxylic acids is 1. The first-order chi connectivity index (χ1) is 9.52. The molecule has 0 saturated carbocycles. The molecule has 2 heterocycles. The van der Waals surface area contributed by atoms with Crippen molar-refractivity contribution in [3.8, 4) is 0 Å². The Balaban J connectivity index is 2.11. The molecule has 2 saturated heterocycles. The minimum absolute atomic E-state index is 0.0425. The molecule has 112 valence electrons. The minimum atomic E-state index is -0.793. The number of rotatable bonds is 3. The number of carbonyl (C=O) groups is 1. The summed E-state index contributed by atoms with van der Waals surface area (Å²) in [6.45, 7) is 4.83. The lowest BCUT2D eigenvalue weighted by atomic mass is 9.98. The third-order valence-corrected chi connectivity index (χ3v) is 3.66. The van der Waals surface area contributed by atoms with E-state index in [9.17, 15) is 14.9 Å². The van der Waals surface area contributed by atoms with Crippen LogP contribution in [-0.2, 0) is 9.47 Å². The van der Waals surface area contributed by atoms with Crippen LogP contribution in [0, 0.1) is 22.0 Å². The van der Waals surface area contributed by atoms with Gasteiger partial charge in [-0.05, 0) is 5.92 Å². The molecule has 9 heteroatoms. The standard InChI is InChI=1S/C11H18N4O5/c1-8-6-20-7-9(8)5-13-3-4-14(11(16)19-2)10(13)12-15(17)18/h8-9H,3-7H2,1-2H3. The van der Waals surface area contributed by atoms with E-state index < -0.39 is 11.1 Å². The maximum Gasteiger partial charge on any atom is 0.416 e. The topological polar surface area (TPSA) is 97.5 Å². The predicted octanol–water partition coefficient (Wildman–Crippen LogP) is 0.201. The SMILES string of the molecule is COC(=O)N1CCN(CC2COCC2C)C1=N[N+](=O)[O-]. The average molecular weight is 286 g/mol. The van der Waals surface area contributed by atoms with E-state index >= 15 is 0 Å². The van der Waals surface area contributed by atoms with Crippen molar-refractivity contribution in [2.24, 2.45) is 16.9 Å². The molecule has 0 aromatic rings. The molecule has 0 aliphatic carbocycles. The van der Waals surface area contributed by atoms with Crippen LogP contribution >= 0.6 is 0 Å². The fourth-order valence-electron chi connectivity index (χ4n) is 2.46. The Morgan fingerprint density at radius 3 is 2.85 bits per heavy atom. The van der Waals surface area contributed by atoms with E-state index in [0.29, 0.717) is 38.8 Å². The fraction of sp³-hybridized carbons (Fsp3) is 0.818. The fourth-order valence-corrected chi connectivity index (χ4v) is 2.46. The summed E-state index contributed by atoms with van der Waals surface area (Å²) >= 11 is 0. The normalized spacial score (nSPS) is 28.2. The number of nitrogens with zero attached hydrogens (tertiary/aromatic N) is 4. The molecule has 2 rings (SSSR count). The molecule has 0 N–H and O–H groups in total. The smallest absolute Gasteiger partial charge is 0.416 e. The Hall–Kier alpha value is -1.90. The van der Waals surface area contributed by atoms with Crippen molar-refractivity contribution >= 4 is 12.1 Å². The number of methoxy groups -OCH3 is 1. The van der Waals surface area contributed by atoms with Gasteiger partial charge in [-0.2, -0.15) is 0 Å². The van der Waals surface area contributed by atoms with Gasteiger partial charge >= 0.3 is 6.09 Å². The second kappa shape index (κ2) is 6.04. The van der Waals surface area contributed by atoms with Crippen LogP contribution in [0.4, 0.5) is 4.79 Å². The summed E-state index contributed by atoms with van der Waals surface area (Å²) in [6, 6.07) is 0. The lowest BCUT2D eigenvalue weighted by molar-refractivity contribution is -0.486. The third-order valence-electron chi connectivity index (χ3n) is 3.66. The second-order valence-electron chi connectivity index (χ2n) is 4.98. The summed E-state index contributed by atoms with van der Waals surface area (Å²) in [7, 11) is 1.24. The molecular weight excluding hydrogens is 268 g/mol. The molecule has 0 radical (unpaired) electrons. The number of nitro groups is 1. The van der Waals surface area contributed by atoms with Crippen molar-refractivity contribution in [2.45, 2.75) is 6.92 Å². The average Bonchev–Trinajstić information content (AvgIpc) is 2.97. The van der Waals surface area contributed by atoms with Crippen LogP contribution in [-0.4, -0.2) is 66.8 Å². The second-order valence-corrected chi connectivity index (χ2v) is 4.98. The number of amides is 1. The summed E-state index contributed by atoms with van der Waals surface area (Å²) in [4.78, 5) is 25.2. The maximum atomic E-state index is 11.6. The van der Waals surface area contributed by atoms with Crippen LogP contribution in [0.1, 0.15) is 6.92 Å². The molecule has 0 spiro atoms. The first-order valence-corrected chi connectivity index (χ1v) is 6.44. The van der Waals surface area contributed by atoms with Crippen LogP contribution in [0.2, 0.25) is 0 Å². The van der Waals surface area contributed by atoms with Crippen molar-refractivity contribution in [1.82, 2.24) is 9.80 Å². The number of hydrogen-bond donors (Lipinski definition) is 0. The quantitative estimate of drug-likeness (QED) is 0.543. The van der Waals surface area contributed by atoms with Gasteiger partial charge in [0, 0.05) is 25.6 Å². The van der Waals surface area contributed by atoms with Gasteiger partial charge in [0.05, 0.1) is 20.3 Å². The van der Waals surface area contributed by atoms with Gasteiger partial charge in [0.2, 0.25) is 0 Å². The number of hydrazone groups is 1. The monoisotopic (exact) mass is 286 g/mol. The third kappa shape index (κ3) is 2.98. The van der Waals surface area contributed by atoms with E-state index in [1.165, 1.54) is 12.0 Å². The van der Waals surface area contributed by atoms with Gasteiger partial charge in [0.25, 0.3) is 5.96 Å². The van der Waals surface area contributed by atoms with Crippen molar-refractivity contribution in [3.05, 3.63) is 10.1 Å². The van der Waals surface area contributed by atoms with Crippen LogP contribution in [0.25, 0.3) is 0 Å². The predicted molar refractivity (Wildman–Crippen MR) is 68.6 cm³/mol. The molecule has 0 aromatic heterocycles. The molecule has 0 bridgehead atoms. The Morgan fingerprint density at radius 2 is 2.30 bits per heavy atom. The van der Waals surface area contributed by atoms with Gasteiger partial charge in [-0.15, -0.1) is 0 Å². The van der Waals surface area contributed by atoms with E-state index in [4.69, 9.17) is 4.74 Å². The highest BCUT2D eigenvalue weighted by Crippen LogP contribution is 2.23. The lowest BCUT2D eigenvalue weighted by Crippen LogP contribution is -2.40. The van der Waals surface area contributed by atoms with Crippen molar-refractivity contribution in [2.75, 3.05) is 40.0 Å². The number of hydrogen-bond acceptors (Lipinski definition) is 5. The van der Waals surface area contributed by atoms with Gasteiger partial charge in [-0.25, -0.2) is 19.8 Å². The molecule has 9 nitrogen and oxygen atoms in total. The van der Waals surface area contributed by atoms with E-state index in [0.717, 1.165) is 0 Å². The Bertz CT molecular complexity index is 427. The Morgan fingerprint density at radius 1 is 1.55 bits per heavy atom. The van der Waals surface area contributed by atoms with Gasteiger partial charge in [-0.3, -0.25) is 0 Å². The van der Waals surface area contributed by atoms with E-state index in [1.807, 2.05) is 0 Å². The molecule has 2 fully saturated rings. The van der Waals surface area contributed by atoms with Crippen molar-refractivity contribution < 1.29 is 19.3 Å². The number of ether oxygens (including phenoxy) is 2. The van der Waals surface area contributed by atoms with Gasteiger partial charge in [-0.1, -0.05) is 6.92 Å². The molecule has 2 aliphatic heterocycles. The van der Waals surface area contributed by atoms with Gasteiger partial charge in [0.1, 0.15) is 5.10 Å². The van der Waals surface area contributed by atoms with Crippen LogP contribution in [0.15, 0.2) is 5.10 Å². The largest absolute Gasteiger partial charge is 0.452 e. The summed E-state index contributed by atoms with van der Waals surface area (Å²) in [5, 5.41) is 13.2. The lowest BCUT2D eigenvalue weighted by Gasteiger charge is -2.23. The highest BCUT2D eigenvalue weighted by atomic mass is 16.7. The zero-order valence-electron chi connectivity index (χ0n) is 11.5. The molecular formula is C11H18N4O5. The van der Waals surface area contributed by atoms with Crippen molar-refractivity contribution in [3.63, 3.8) is 0 Å². The molecule has 2 unspecified atom stereocenters.